The van der Waals surface area contributed by atoms with E-state index in [4.69, 9.17) is 5.73 Å². The molecule has 0 amide bonds. The van der Waals surface area contributed by atoms with Crippen LogP contribution >= 0.6 is 11.8 Å². The van der Waals surface area contributed by atoms with Gasteiger partial charge in [-0.15, -0.1) is 0 Å². The number of nitrogens with zero attached hydrogens (tertiary/aromatic N) is 2. The number of rotatable bonds is 4. The van der Waals surface area contributed by atoms with Crippen LogP contribution in [0.5, 0.6) is 0 Å². The SMILES string of the molecule is Nc1cc(Sc2ccc(N3CCS(=O)(=O)CC3)cc2)ccc1[N+](=O)[O-]. The Labute approximate surface area is 149 Å². The van der Waals surface area contributed by atoms with E-state index in [-0.39, 0.29) is 22.9 Å². The molecule has 0 aromatic heterocycles. The lowest BCUT2D eigenvalue weighted by Gasteiger charge is -2.28. The number of nitro benzene ring substituents is 1. The molecule has 0 aliphatic carbocycles. The smallest absolute Gasteiger partial charge is 0.292 e. The fourth-order valence-corrected chi connectivity index (χ4v) is 4.66. The number of benzene rings is 2. The molecule has 2 N–H and O–H groups in total. The van der Waals surface area contributed by atoms with Gasteiger partial charge in [0.2, 0.25) is 0 Å². The highest BCUT2D eigenvalue weighted by Gasteiger charge is 2.21. The molecule has 0 saturated carbocycles. The Kier molecular flexibility index (Phi) is 4.87. The summed E-state index contributed by atoms with van der Waals surface area (Å²) in [5.41, 5.74) is 6.74. The molecule has 0 atom stereocenters. The van der Waals surface area contributed by atoms with Gasteiger partial charge in [0.1, 0.15) is 5.69 Å². The maximum atomic E-state index is 11.5. The molecule has 3 rings (SSSR count). The predicted molar refractivity (Wildman–Crippen MR) is 98.9 cm³/mol. The summed E-state index contributed by atoms with van der Waals surface area (Å²) in [5, 5.41) is 10.8. The third-order valence-corrected chi connectivity index (χ3v) is 6.58. The zero-order valence-corrected chi connectivity index (χ0v) is 14.9. The molecule has 132 valence electrons. The second kappa shape index (κ2) is 6.93. The average molecular weight is 379 g/mol. The molecule has 0 spiro atoms. The zero-order valence-electron chi connectivity index (χ0n) is 13.3. The van der Waals surface area contributed by atoms with Crippen LogP contribution in [0.2, 0.25) is 0 Å². The third-order valence-electron chi connectivity index (χ3n) is 3.98. The molecule has 25 heavy (non-hydrogen) atoms. The summed E-state index contributed by atoms with van der Waals surface area (Å²) in [7, 11) is -2.89. The van der Waals surface area contributed by atoms with E-state index in [0.717, 1.165) is 15.5 Å². The molecule has 1 aliphatic rings. The molecule has 0 radical (unpaired) electrons. The predicted octanol–water partition coefficient (Wildman–Crippen LogP) is 2.56. The first-order valence-corrected chi connectivity index (χ1v) is 10.2. The first kappa shape index (κ1) is 17.6. The van der Waals surface area contributed by atoms with E-state index in [1.165, 1.54) is 17.8 Å². The van der Waals surface area contributed by atoms with Crippen LogP contribution in [-0.4, -0.2) is 37.9 Å². The van der Waals surface area contributed by atoms with Crippen LogP contribution in [-0.2, 0) is 9.84 Å². The van der Waals surface area contributed by atoms with E-state index in [9.17, 15) is 18.5 Å². The maximum absolute atomic E-state index is 11.5. The minimum atomic E-state index is -2.89. The van der Waals surface area contributed by atoms with Crippen molar-refractivity contribution in [2.75, 3.05) is 35.2 Å². The van der Waals surface area contributed by atoms with Gasteiger partial charge in [-0.05, 0) is 36.4 Å². The van der Waals surface area contributed by atoms with Crippen LogP contribution in [0.4, 0.5) is 17.1 Å². The van der Waals surface area contributed by atoms with E-state index in [1.807, 2.05) is 24.3 Å². The standard InChI is InChI=1S/C16H17N3O4S2/c17-15-11-14(5-6-16(15)19(20)21)24-13-3-1-12(2-4-13)18-7-9-25(22,23)10-8-18/h1-6,11H,7-10,17H2. The quantitative estimate of drug-likeness (QED) is 0.494. The Morgan fingerprint density at radius 1 is 1.04 bits per heavy atom. The normalized spacial score (nSPS) is 16.6. The average Bonchev–Trinajstić information content (AvgIpc) is 2.55. The monoisotopic (exact) mass is 379 g/mol. The molecule has 0 bridgehead atoms. The highest BCUT2D eigenvalue weighted by atomic mass is 32.2. The lowest BCUT2D eigenvalue weighted by Crippen LogP contribution is -2.40. The molecular formula is C16H17N3O4S2. The van der Waals surface area contributed by atoms with E-state index in [0.29, 0.717) is 13.1 Å². The number of hydrogen-bond acceptors (Lipinski definition) is 7. The van der Waals surface area contributed by atoms with Gasteiger partial charge in [-0.25, -0.2) is 8.42 Å². The molecule has 2 aromatic carbocycles. The third kappa shape index (κ3) is 4.23. The van der Waals surface area contributed by atoms with Crippen LogP contribution in [0.15, 0.2) is 52.3 Å². The largest absolute Gasteiger partial charge is 0.393 e. The molecule has 0 unspecified atom stereocenters. The van der Waals surface area contributed by atoms with Gasteiger partial charge >= 0.3 is 0 Å². The molecule has 1 saturated heterocycles. The Balaban J connectivity index is 1.69. The van der Waals surface area contributed by atoms with Crippen molar-refractivity contribution in [3.8, 4) is 0 Å². The van der Waals surface area contributed by atoms with Crippen molar-refractivity contribution < 1.29 is 13.3 Å². The topological polar surface area (TPSA) is 107 Å². The van der Waals surface area contributed by atoms with Gasteiger partial charge in [0.15, 0.2) is 9.84 Å². The summed E-state index contributed by atoms with van der Waals surface area (Å²) < 4.78 is 23.0. The van der Waals surface area contributed by atoms with Crippen LogP contribution in [0.1, 0.15) is 0 Å². The van der Waals surface area contributed by atoms with Gasteiger partial charge in [-0.3, -0.25) is 10.1 Å². The summed E-state index contributed by atoms with van der Waals surface area (Å²) in [6, 6.07) is 12.5. The number of sulfone groups is 1. The van der Waals surface area contributed by atoms with Gasteiger partial charge in [0, 0.05) is 34.6 Å². The number of nitrogens with two attached hydrogens (primary N) is 1. The molecule has 1 aliphatic heterocycles. The van der Waals surface area contributed by atoms with E-state index < -0.39 is 14.8 Å². The molecule has 9 heteroatoms. The number of hydrogen-bond donors (Lipinski definition) is 1. The summed E-state index contributed by atoms with van der Waals surface area (Å²) in [6.07, 6.45) is 0. The first-order valence-electron chi connectivity index (χ1n) is 7.61. The van der Waals surface area contributed by atoms with Gasteiger partial charge in [0.05, 0.1) is 16.4 Å². The summed E-state index contributed by atoms with van der Waals surface area (Å²) in [4.78, 5) is 14.1. The van der Waals surface area contributed by atoms with Crippen molar-refractivity contribution in [3.63, 3.8) is 0 Å². The second-order valence-corrected chi connectivity index (χ2v) is 9.16. The second-order valence-electron chi connectivity index (χ2n) is 5.71. The van der Waals surface area contributed by atoms with Crippen LogP contribution in [0.25, 0.3) is 0 Å². The summed E-state index contributed by atoms with van der Waals surface area (Å²) in [6.45, 7) is 1.02. The molecular weight excluding hydrogens is 362 g/mol. The highest BCUT2D eigenvalue weighted by molar-refractivity contribution is 7.99. The lowest BCUT2D eigenvalue weighted by molar-refractivity contribution is -0.383. The lowest BCUT2D eigenvalue weighted by atomic mass is 10.3. The Bertz CT molecular complexity index is 884. The van der Waals surface area contributed by atoms with Crippen LogP contribution in [0, 0.1) is 10.1 Å². The van der Waals surface area contributed by atoms with Crippen molar-refractivity contribution in [2.24, 2.45) is 0 Å². The molecule has 2 aromatic rings. The van der Waals surface area contributed by atoms with Gasteiger partial charge in [-0.1, -0.05) is 11.8 Å². The van der Waals surface area contributed by atoms with Crippen molar-refractivity contribution in [2.45, 2.75) is 9.79 Å². The zero-order chi connectivity index (χ0) is 18.0. The maximum Gasteiger partial charge on any atom is 0.292 e. The van der Waals surface area contributed by atoms with Gasteiger partial charge in [0.25, 0.3) is 5.69 Å². The Hall–Kier alpha value is -2.26. The van der Waals surface area contributed by atoms with E-state index in [2.05, 4.69) is 4.90 Å². The molecule has 1 heterocycles. The Morgan fingerprint density at radius 3 is 2.20 bits per heavy atom. The number of nitrogen functional groups attached to an aromatic ring is 1. The van der Waals surface area contributed by atoms with Crippen LogP contribution in [0.3, 0.4) is 0 Å². The number of nitro groups is 1. The fraction of sp³-hybridized carbons (Fsp3) is 0.250. The minimum Gasteiger partial charge on any atom is -0.393 e. The minimum absolute atomic E-state index is 0.0975. The van der Waals surface area contributed by atoms with Crippen molar-refractivity contribution >= 4 is 38.7 Å². The van der Waals surface area contributed by atoms with E-state index in [1.54, 1.807) is 12.1 Å². The van der Waals surface area contributed by atoms with Crippen molar-refractivity contribution in [1.29, 1.82) is 0 Å². The summed E-state index contributed by atoms with van der Waals surface area (Å²) in [5.74, 6) is 0.372. The van der Waals surface area contributed by atoms with Gasteiger partial charge in [-0.2, -0.15) is 0 Å². The van der Waals surface area contributed by atoms with E-state index >= 15 is 0 Å². The Morgan fingerprint density at radius 2 is 1.64 bits per heavy atom. The van der Waals surface area contributed by atoms with Crippen molar-refractivity contribution in [3.05, 3.63) is 52.6 Å². The molecule has 7 nitrogen and oxygen atoms in total. The molecule has 1 fully saturated rings. The fourth-order valence-electron chi connectivity index (χ4n) is 2.59. The highest BCUT2D eigenvalue weighted by Crippen LogP contribution is 2.33. The van der Waals surface area contributed by atoms with Gasteiger partial charge < -0.3 is 10.6 Å². The summed E-state index contributed by atoms with van der Waals surface area (Å²) >= 11 is 1.46. The number of anilines is 2. The van der Waals surface area contributed by atoms with Crippen LogP contribution < -0.4 is 10.6 Å². The first-order chi connectivity index (χ1) is 11.8. The van der Waals surface area contributed by atoms with Crippen molar-refractivity contribution in [1.82, 2.24) is 0 Å².